The van der Waals surface area contributed by atoms with E-state index in [1.807, 2.05) is 6.20 Å². The van der Waals surface area contributed by atoms with E-state index in [1.165, 1.54) is 31.2 Å². The first kappa shape index (κ1) is 15.0. The third-order valence-electron chi connectivity index (χ3n) is 3.69. The zero-order chi connectivity index (χ0) is 14.4. The second kappa shape index (κ2) is 7.43. The van der Waals surface area contributed by atoms with Gasteiger partial charge in [-0.25, -0.2) is 4.98 Å². The number of aromatic nitrogens is 2. The number of likely N-dealkylation sites (N-methyl/N-ethyl adjacent to an activating group) is 1. The van der Waals surface area contributed by atoms with Gasteiger partial charge in [-0.1, -0.05) is 12.8 Å². The first-order valence-electron chi connectivity index (χ1n) is 7.64. The van der Waals surface area contributed by atoms with E-state index >= 15 is 0 Å². The fourth-order valence-electron chi connectivity index (χ4n) is 2.51. The number of hydrogen-bond donors (Lipinski definition) is 1. The van der Waals surface area contributed by atoms with E-state index in [1.54, 1.807) is 0 Å². The Morgan fingerprint density at radius 3 is 2.55 bits per heavy atom. The van der Waals surface area contributed by atoms with Gasteiger partial charge < -0.3 is 15.1 Å². The maximum absolute atomic E-state index is 4.72. The van der Waals surface area contributed by atoms with Gasteiger partial charge in [0.1, 0.15) is 5.82 Å². The average Bonchev–Trinajstić information content (AvgIpc) is 2.69. The molecule has 2 heterocycles. The molecule has 1 aliphatic heterocycles. The van der Waals surface area contributed by atoms with Gasteiger partial charge in [-0.15, -0.1) is 0 Å². The van der Waals surface area contributed by atoms with Crippen molar-refractivity contribution in [2.24, 2.45) is 0 Å². The van der Waals surface area contributed by atoms with E-state index in [9.17, 15) is 0 Å². The highest BCUT2D eigenvalue weighted by atomic mass is 15.2. The molecule has 20 heavy (non-hydrogen) atoms. The van der Waals surface area contributed by atoms with Crippen LogP contribution in [0.3, 0.4) is 0 Å². The van der Waals surface area contributed by atoms with Gasteiger partial charge in [-0.3, -0.25) is 0 Å². The Hall–Kier alpha value is -1.36. The van der Waals surface area contributed by atoms with Crippen LogP contribution >= 0.6 is 0 Å². The van der Waals surface area contributed by atoms with Crippen LogP contribution in [0.5, 0.6) is 0 Å². The SMILES string of the molecule is Cc1cnc(NCCN(C)C)nc1N1CCCCCC1. The molecule has 1 aromatic rings. The third kappa shape index (κ3) is 4.34. The molecule has 0 unspecified atom stereocenters. The van der Waals surface area contributed by atoms with Gasteiger partial charge in [0.05, 0.1) is 0 Å². The minimum absolute atomic E-state index is 0.747. The summed E-state index contributed by atoms with van der Waals surface area (Å²) in [4.78, 5) is 13.7. The lowest BCUT2D eigenvalue weighted by Gasteiger charge is -2.23. The fourth-order valence-corrected chi connectivity index (χ4v) is 2.51. The minimum Gasteiger partial charge on any atom is -0.356 e. The highest BCUT2D eigenvalue weighted by Crippen LogP contribution is 2.21. The Labute approximate surface area is 122 Å². The summed E-state index contributed by atoms with van der Waals surface area (Å²) in [6, 6.07) is 0. The molecule has 112 valence electrons. The van der Waals surface area contributed by atoms with E-state index in [0.717, 1.165) is 37.9 Å². The number of rotatable bonds is 5. The Balaban J connectivity index is 2.03. The first-order chi connectivity index (χ1) is 9.66. The number of anilines is 2. The molecule has 0 radical (unpaired) electrons. The largest absolute Gasteiger partial charge is 0.356 e. The third-order valence-corrected chi connectivity index (χ3v) is 3.69. The van der Waals surface area contributed by atoms with Crippen LogP contribution in [0.2, 0.25) is 0 Å². The van der Waals surface area contributed by atoms with Gasteiger partial charge in [-0.2, -0.15) is 4.98 Å². The van der Waals surface area contributed by atoms with Crippen molar-refractivity contribution < 1.29 is 0 Å². The number of nitrogens with zero attached hydrogens (tertiary/aromatic N) is 4. The van der Waals surface area contributed by atoms with Gasteiger partial charge >= 0.3 is 0 Å². The number of aryl methyl sites for hydroxylation is 1. The van der Waals surface area contributed by atoms with Crippen LogP contribution < -0.4 is 10.2 Å². The van der Waals surface area contributed by atoms with Crippen molar-refractivity contribution >= 4 is 11.8 Å². The zero-order valence-corrected chi connectivity index (χ0v) is 13.0. The minimum atomic E-state index is 0.747. The molecule has 0 bridgehead atoms. The summed E-state index contributed by atoms with van der Waals surface area (Å²) >= 11 is 0. The summed E-state index contributed by atoms with van der Waals surface area (Å²) < 4.78 is 0. The van der Waals surface area contributed by atoms with E-state index in [0.29, 0.717) is 0 Å². The Kier molecular flexibility index (Phi) is 5.59. The molecule has 0 aromatic carbocycles. The molecule has 1 N–H and O–H groups in total. The lowest BCUT2D eigenvalue weighted by Crippen LogP contribution is -2.27. The summed E-state index contributed by atoms with van der Waals surface area (Å²) in [7, 11) is 4.14. The molecule has 1 saturated heterocycles. The van der Waals surface area contributed by atoms with Crippen LogP contribution in [0.1, 0.15) is 31.2 Å². The van der Waals surface area contributed by atoms with Crippen molar-refractivity contribution in [3.8, 4) is 0 Å². The molecule has 1 aliphatic rings. The van der Waals surface area contributed by atoms with Gasteiger partial charge in [0, 0.05) is 37.9 Å². The van der Waals surface area contributed by atoms with E-state index in [-0.39, 0.29) is 0 Å². The molecule has 0 atom stereocenters. The standard InChI is InChI=1S/C15H27N5/c1-13-12-17-15(16-8-11-19(2)3)18-14(13)20-9-6-4-5-7-10-20/h12H,4-11H2,1-3H3,(H,16,17,18). The van der Waals surface area contributed by atoms with Gasteiger partial charge in [-0.05, 0) is 33.9 Å². The lowest BCUT2D eigenvalue weighted by atomic mass is 10.2. The summed E-state index contributed by atoms with van der Waals surface area (Å²) in [6.45, 7) is 6.19. The van der Waals surface area contributed by atoms with Crippen LogP contribution in [0.25, 0.3) is 0 Å². The molecule has 1 aromatic heterocycles. The molecular formula is C15H27N5. The molecule has 0 saturated carbocycles. The first-order valence-corrected chi connectivity index (χ1v) is 7.64. The monoisotopic (exact) mass is 277 g/mol. The van der Waals surface area contributed by atoms with Gasteiger partial charge in [0.2, 0.25) is 5.95 Å². The van der Waals surface area contributed by atoms with Gasteiger partial charge in [0.15, 0.2) is 0 Å². The van der Waals surface area contributed by atoms with Crippen molar-refractivity contribution in [3.63, 3.8) is 0 Å². The van der Waals surface area contributed by atoms with Crippen molar-refractivity contribution in [1.29, 1.82) is 0 Å². The van der Waals surface area contributed by atoms with Crippen LogP contribution in [0.4, 0.5) is 11.8 Å². The number of hydrogen-bond acceptors (Lipinski definition) is 5. The molecule has 0 amide bonds. The van der Waals surface area contributed by atoms with E-state index in [4.69, 9.17) is 4.98 Å². The summed E-state index contributed by atoms with van der Waals surface area (Å²) in [5, 5.41) is 3.31. The second-order valence-electron chi connectivity index (χ2n) is 5.83. The van der Waals surface area contributed by atoms with Crippen molar-refractivity contribution in [2.45, 2.75) is 32.6 Å². The Morgan fingerprint density at radius 2 is 1.90 bits per heavy atom. The zero-order valence-electron chi connectivity index (χ0n) is 13.0. The van der Waals surface area contributed by atoms with Crippen LogP contribution in [-0.4, -0.2) is 55.1 Å². The van der Waals surface area contributed by atoms with Gasteiger partial charge in [0.25, 0.3) is 0 Å². The van der Waals surface area contributed by atoms with Crippen molar-refractivity contribution in [2.75, 3.05) is 50.5 Å². The molecule has 0 aliphatic carbocycles. The number of nitrogens with one attached hydrogen (secondary N) is 1. The Bertz CT molecular complexity index is 411. The molecule has 5 nitrogen and oxygen atoms in total. The van der Waals surface area contributed by atoms with Crippen molar-refractivity contribution in [3.05, 3.63) is 11.8 Å². The summed E-state index contributed by atoms with van der Waals surface area (Å²) in [6.07, 6.45) is 7.16. The summed E-state index contributed by atoms with van der Waals surface area (Å²) in [5.74, 6) is 1.85. The molecule has 5 heteroatoms. The predicted molar refractivity (Wildman–Crippen MR) is 84.5 cm³/mol. The molecule has 1 fully saturated rings. The lowest BCUT2D eigenvalue weighted by molar-refractivity contribution is 0.425. The molecular weight excluding hydrogens is 250 g/mol. The normalized spacial score (nSPS) is 16.3. The molecule has 0 spiro atoms. The maximum atomic E-state index is 4.72. The highest BCUT2D eigenvalue weighted by Gasteiger charge is 2.14. The Morgan fingerprint density at radius 1 is 1.20 bits per heavy atom. The van der Waals surface area contributed by atoms with Crippen LogP contribution in [0.15, 0.2) is 6.20 Å². The highest BCUT2D eigenvalue weighted by molar-refractivity contribution is 5.49. The van der Waals surface area contributed by atoms with E-state index < -0.39 is 0 Å². The summed E-state index contributed by atoms with van der Waals surface area (Å²) in [5.41, 5.74) is 1.17. The average molecular weight is 277 g/mol. The van der Waals surface area contributed by atoms with Crippen molar-refractivity contribution in [1.82, 2.24) is 14.9 Å². The van der Waals surface area contributed by atoms with Crippen LogP contribution in [0, 0.1) is 6.92 Å². The molecule has 2 rings (SSSR count). The predicted octanol–water partition coefficient (Wildman–Crippen LogP) is 2.14. The fraction of sp³-hybridized carbons (Fsp3) is 0.733. The van der Waals surface area contributed by atoms with E-state index in [2.05, 4.69) is 41.1 Å². The second-order valence-corrected chi connectivity index (χ2v) is 5.83. The maximum Gasteiger partial charge on any atom is 0.224 e. The topological polar surface area (TPSA) is 44.3 Å². The van der Waals surface area contributed by atoms with Crippen LogP contribution in [-0.2, 0) is 0 Å². The smallest absolute Gasteiger partial charge is 0.224 e. The quantitative estimate of drug-likeness (QED) is 0.893.